The van der Waals surface area contributed by atoms with Gasteiger partial charge in [-0.1, -0.05) is 0 Å². The van der Waals surface area contributed by atoms with Crippen molar-refractivity contribution >= 4 is 17.4 Å². The second-order valence-corrected chi connectivity index (χ2v) is 5.68. The van der Waals surface area contributed by atoms with Crippen molar-refractivity contribution in [3.8, 4) is 0 Å². The number of carbonyl (C=O) groups excluding carboxylic acids is 1. The fraction of sp³-hybridized carbons (Fsp3) is 0.571. The maximum Gasteiger partial charge on any atom is 0.287 e. The molecule has 21 heavy (non-hydrogen) atoms. The van der Waals surface area contributed by atoms with E-state index < -0.39 is 4.92 Å². The summed E-state index contributed by atoms with van der Waals surface area (Å²) in [5.74, 6) is 0.996. The van der Waals surface area contributed by atoms with Crippen LogP contribution in [0.25, 0.3) is 0 Å². The summed E-state index contributed by atoms with van der Waals surface area (Å²) in [7, 11) is 0. The number of nitrogens with one attached hydrogen (secondary N) is 1. The lowest BCUT2D eigenvalue weighted by atomic mass is 9.96. The van der Waals surface area contributed by atoms with Crippen molar-refractivity contribution in [1.82, 2.24) is 10.3 Å². The number of piperidine rings is 1. The van der Waals surface area contributed by atoms with Crippen LogP contribution in [-0.2, 0) is 4.79 Å². The quantitative estimate of drug-likeness (QED) is 0.670. The number of rotatable bonds is 4. The third-order valence-electron chi connectivity index (χ3n) is 4.06. The highest BCUT2D eigenvalue weighted by Gasteiger charge is 2.30. The van der Waals surface area contributed by atoms with Crippen LogP contribution in [0.15, 0.2) is 18.3 Å². The van der Waals surface area contributed by atoms with E-state index in [0.717, 1.165) is 44.6 Å². The summed E-state index contributed by atoms with van der Waals surface area (Å²) in [5.41, 5.74) is -0.00236. The summed E-state index contributed by atoms with van der Waals surface area (Å²) in [4.78, 5) is 28.4. The first-order chi connectivity index (χ1) is 10.1. The zero-order valence-electron chi connectivity index (χ0n) is 11.7. The van der Waals surface area contributed by atoms with E-state index in [1.54, 1.807) is 6.07 Å². The number of pyridine rings is 1. The molecule has 1 aliphatic carbocycles. The number of amides is 1. The van der Waals surface area contributed by atoms with E-state index in [0.29, 0.717) is 6.04 Å². The van der Waals surface area contributed by atoms with Gasteiger partial charge in [-0.2, -0.15) is 0 Å². The van der Waals surface area contributed by atoms with Gasteiger partial charge in [0.05, 0.1) is 4.92 Å². The Bertz CT molecular complexity index is 534. The number of hydrogen-bond donors (Lipinski definition) is 1. The molecule has 1 aromatic rings. The fourth-order valence-electron chi connectivity index (χ4n) is 2.59. The zero-order valence-corrected chi connectivity index (χ0v) is 11.7. The van der Waals surface area contributed by atoms with Gasteiger partial charge in [0, 0.05) is 31.1 Å². The number of hydrogen-bond acceptors (Lipinski definition) is 5. The van der Waals surface area contributed by atoms with Gasteiger partial charge in [0.15, 0.2) is 0 Å². The smallest absolute Gasteiger partial charge is 0.287 e. The predicted octanol–water partition coefficient (Wildman–Crippen LogP) is 1.48. The number of nitrogens with zero attached hydrogens (tertiary/aromatic N) is 3. The monoisotopic (exact) mass is 290 g/mol. The van der Waals surface area contributed by atoms with Crippen LogP contribution in [0.5, 0.6) is 0 Å². The molecule has 1 saturated carbocycles. The van der Waals surface area contributed by atoms with Crippen LogP contribution in [0.2, 0.25) is 0 Å². The Morgan fingerprint density at radius 1 is 1.29 bits per heavy atom. The molecule has 1 aromatic heterocycles. The SMILES string of the molecule is O=C(NC1CC1)C1CCN(c2ccc([N+](=O)[O-])cn2)CC1. The van der Waals surface area contributed by atoms with E-state index in [-0.39, 0.29) is 17.5 Å². The Morgan fingerprint density at radius 3 is 2.52 bits per heavy atom. The van der Waals surface area contributed by atoms with E-state index in [4.69, 9.17) is 0 Å². The highest BCUT2D eigenvalue weighted by atomic mass is 16.6. The Labute approximate surface area is 122 Å². The van der Waals surface area contributed by atoms with Gasteiger partial charge < -0.3 is 10.2 Å². The number of anilines is 1. The average Bonchev–Trinajstić information content (AvgIpc) is 3.31. The lowest BCUT2D eigenvalue weighted by Gasteiger charge is -2.32. The van der Waals surface area contributed by atoms with Gasteiger partial charge in [-0.05, 0) is 31.7 Å². The number of carbonyl (C=O) groups is 1. The molecule has 1 saturated heterocycles. The molecule has 7 nitrogen and oxygen atoms in total. The van der Waals surface area contributed by atoms with E-state index >= 15 is 0 Å². The molecular formula is C14H18N4O3. The van der Waals surface area contributed by atoms with Gasteiger partial charge >= 0.3 is 0 Å². The molecule has 2 aliphatic rings. The highest BCUT2D eigenvalue weighted by molar-refractivity contribution is 5.79. The number of nitro groups is 1. The molecule has 1 aliphatic heterocycles. The second kappa shape index (κ2) is 5.67. The first-order valence-corrected chi connectivity index (χ1v) is 7.29. The van der Waals surface area contributed by atoms with E-state index in [9.17, 15) is 14.9 Å². The van der Waals surface area contributed by atoms with Crippen molar-refractivity contribution in [3.63, 3.8) is 0 Å². The van der Waals surface area contributed by atoms with E-state index in [1.165, 1.54) is 12.3 Å². The van der Waals surface area contributed by atoms with E-state index in [2.05, 4.69) is 15.2 Å². The summed E-state index contributed by atoms with van der Waals surface area (Å²) in [6.45, 7) is 1.52. The summed E-state index contributed by atoms with van der Waals surface area (Å²) in [6.07, 6.45) is 5.10. The Balaban J connectivity index is 1.54. The molecule has 7 heteroatoms. The van der Waals surface area contributed by atoms with Gasteiger partial charge in [-0.25, -0.2) is 4.98 Å². The lowest BCUT2D eigenvalue weighted by Crippen LogP contribution is -2.41. The minimum Gasteiger partial charge on any atom is -0.357 e. The molecule has 1 N–H and O–H groups in total. The van der Waals surface area contributed by atoms with Crippen molar-refractivity contribution in [2.45, 2.75) is 31.7 Å². The van der Waals surface area contributed by atoms with Gasteiger partial charge in [0.2, 0.25) is 5.91 Å². The van der Waals surface area contributed by atoms with Crippen LogP contribution in [0.3, 0.4) is 0 Å². The van der Waals surface area contributed by atoms with Crippen LogP contribution >= 0.6 is 0 Å². The molecule has 2 heterocycles. The van der Waals surface area contributed by atoms with Crippen LogP contribution < -0.4 is 10.2 Å². The maximum absolute atomic E-state index is 12.0. The summed E-state index contributed by atoms with van der Waals surface area (Å²) in [6, 6.07) is 3.55. The largest absolute Gasteiger partial charge is 0.357 e. The minimum absolute atomic E-state index is 0.00236. The van der Waals surface area contributed by atoms with Crippen molar-refractivity contribution in [3.05, 3.63) is 28.4 Å². The number of aromatic nitrogens is 1. The van der Waals surface area contributed by atoms with Crippen LogP contribution in [0, 0.1) is 16.0 Å². The Morgan fingerprint density at radius 2 is 2.00 bits per heavy atom. The minimum atomic E-state index is -0.453. The molecular weight excluding hydrogens is 272 g/mol. The summed E-state index contributed by atoms with van der Waals surface area (Å²) in [5, 5.41) is 13.7. The highest BCUT2D eigenvalue weighted by Crippen LogP contribution is 2.25. The summed E-state index contributed by atoms with van der Waals surface area (Å²) >= 11 is 0. The standard InChI is InChI=1S/C14H18N4O3/c19-14(16-11-1-2-11)10-5-7-17(8-6-10)13-4-3-12(9-15-13)18(20)21/h3-4,9-11H,1-2,5-8H2,(H,16,19). The van der Waals surface area contributed by atoms with Crippen LogP contribution in [0.4, 0.5) is 11.5 Å². The fourth-order valence-corrected chi connectivity index (χ4v) is 2.59. The van der Waals surface area contributed by atoms with Crippen molar-refractivity contribution < 1.29 is 9.72 Å². The molecule has 0 unspecified atom stereocenters. The first kappa shape index (κ1) is 13.8. The molecule has 2 fully saturated rings. The Hall–Kier alpha value is -2.18. The molecule has 3 rings (SSSR count). The average molecular weight is 290 g/mol. The van der Waals surface area contributed by atoms with Gasteiger partial charge in [-0.3, -0.25) is 14.9 Å². The molecule has 0 aromatic carbocycles. The first-order valence-electron chi connectivity index (χ1n) is 7.29. The maximum atomic E-state index is 12.0. The van der Waals surface area contributed by atoms with Crippen LogP contribution in [-0.4, -0.2) is 34.9 Å². The summed E-state index contributed by atoms with van der Waals surface area (Å²) < 4.78 is 0. The molecule has 1 amide bonds. The zero-order chi connectivity index (χ0) is 14.8. The molecule has 0 bridgehead atoms. The molecule has 0 radical (unpaired) electrons. The van der Waals surface area contributed by atoms with Crippen molar-refractivity contribution in [2.75, 3.05) is 18.0 Å². The molecule has 0 atom stereocenters. The van der Waals surface area contributed by atoms with E-state index in [1.807, 2.05) is 0 Å². The molecule has 112 valence electrons. The van der Waals surface area contributed by atoms with Crippen molar-refractivity contribution in [2.24, 2.45) is 5.92 Å². The third-order valence-corrected chi connectivity index (χ3v) is 4.06. The van der Waals surface area contributed by atoms with Gasteiger partial charge in [0.1, 0.15) is 12.0 Å². The molecule has 0 spiro atoms. The Kier molecular flexibility index (Phi) is 3.72. The van der Waals surface area contributed by atoms with Crippen molar-refractivity contribution in [1.29, 1.82) is 0 Å². The van der Waals surface area contributed by atoms with Gasteiger partial charge in [-0.15, -0.1) is 0 Å². The van der Waals surface area contributed by atoms with Gasteiger partial charge in [0.25, 0.3) is 5.69 Å². The normalized spacial score (nSPS) is 19.3. The topological polar surface area (TPSA) is 88.4 Å². The lowest BCUT2D eigenvalue weighted by molar-refractivity contribution is -0.385. The van der Waals surface area contributed by atoms with Crippen LogP contribution in [0.1, 0.15) is 25.7 Å². The third kappa shape index (κ3) is 3.29. The predicted molar refractivity (Wildman–Crippen MR) is 77.0 cm³/mol. The second-order valence-electron chi connectivity index (χ2n) is 5.68.